The van der Waals surface area contributed by atoms with Crippen LogP contribution in [-0.2, 0) is 14.3 Å². The standard InChI is InChI=1S/C13H18N2O4/c1-4-19-12(16)6-8-15(2)10-5-7-14-11(9-10)13(17)18-3/h5,7,9H,4,6,8H2,1-3H3. The molecule has 0 saturated heterocycles. The fourth-order valence-corrected chi connectivity index (χ4v) is 1.49. The number of pyridine rings is 1. The summed E-state index contributed by atoms with van der Waals surface area (Å²) in [6, 6.07) is 3.38. The van der Waals surface area contributed by atoms with Gasteiger partial charge in [0.1, 0.15) is 5.69 Å². The molecule has 0 fully saturated rings. The molecule has 0 radical (unpaired) electrons. The number of carbonyl (C=O) groups is 2. The van der Waals surface area contributed by atoms with Gasteiger partial charge in [0.15, 0.2) is 0 Å². The van der Waals surface area contributed by atoms with E-state index in [1.807, 2.05) is 11.9 Å². The maximum atomic E-state index is 11.4. The summed E-state index contributed by atoms with van der Waals surface area (Å²) >= 11 is 0. The molecule has 0 N–H and O–H groups in total. The van der Waals surface area contributed by atoms with Gasteiger partial charge in [-0.15, -0.1) is 0 Å². The molecule has 0 bridgehead atoms. The fraction of sp³-hybridized carbons (Fsp3) is 0.462. The number of hydrogen-bond donors (Lipinski definition) is 0. The lowest BCUT2D eigenvalue weighted by atomic mass is 10.3. The van der Waals surface area contributed by atoms with Gasteiger partial charge in [0.05, 0.1) is 20.1 Å². The van der Waals surface area contributed by atoms with Crippen LogP contribution in [0.4, 0.5) is 5.69 Å². The van der Waals surface area contributed by atoms with Gasteiger partial charge in [0.25, 0.3) is 0 Å². The van der Waals surface area contributed by atoms with Crippen molar-refractivity contribution in [1.29, 1.82) is 0 Å². The molecule has 0 amide bonds. The predicted molar refractivity (Wildman–Crippen MR) is 70.1 cm³/mol. The first kappa shape index (κ1) is 14.9. The minimum Gasteiger partial charge on any atom is -0.466 e. The third-order valence-electron chi connectivity index (χ3n) is 2.54. The van der Waals surface area contributed by atoms with Crippen molar-refractivity contribution in [3.8, 4) is 0 Å². The summed E-state index contributed by atoms with van der Waals surface area (Å²) in [5, 5.41) is 0. The third kappa shape index (κ3) is 4.57. The van der Waals surface area contributed by atoms with E-state index in [4.69, 9.17) is 4.74 Å². The normalized spacial score (nSPS) is 9.84. The van der Waals surface area contributed by atoms with Gasteiger partial charge in [0, 0.05) is 25.5 Å². The highest BCUT2D eigenvalue weighted by atomic mass is 16.5. The van der Waals surface area contributed by atoms with Crippen molar-refractivity contribution in [3.63, 3.8) is 0 Å². The van der Waals surface area contributed by atoms with Crippen molar-refractivity contribution < 1.29 is 19.1 Å². The van der Waals surface area contributed by atoms with Gasteiger partial charge in [-0.2, -0.15) is 0 Å². The monoisotopic (exact) mass is 266 g/mol. The van der Waals surface area contributed by atoms with Crippen LogP contribution >= 0.6 is 0 Å². The van der Waals surface area contributed by atoms with Crippen molar-refractivity contribution in [2.24, 2.45) is 0 Å². The third-order valence-corrected chi connectivity index (χ3v) is 2.54. The molecule has 0 aliphatic carbocycles. The zero-order chi connectivity index (χ0) is 14.3. The number of hydrogen-bond acceptors (Lipinski definition) is 6. The molecular formula is C13H18N2O4. The van der Waals surface area contributed by atoms with E-state index in [0.717, 1.165) is 5.69 Å². The van der Waals surface area contributed by atoms with Crippen molar-refractivity contribution in [2.75, 3.05) is 32.2 Å². The summed E-state index contributed by atoms with van der Waals surface area (Å²) in [5.74, 6) is -0.725. The lowest BCUT2D eigenvalue weighted by Crippen LogP contribution is -2.22. The summed E-state index contributed by atoms with van der Waals surface area (Å²) in [4.78, 5) is 28.4. The topological polar surface area (TPSA) is 68.7 Å². The number of rotatable bonds is 6. The van der Waals surface area contributed by atoms with Gasteiger partial charge in [-0.25, -0.2) is 9.78 Å². The number of methoxy groups -OCH3 is 1. The van der Waals surface area contributed by atoms with Crippen LogP contribution in [0.2, 0.25) is 0 Å². The molecular weight excluding hydrogens is 248 g/mol. The average Bonchev–Trinajstić information content (AvgIpc) is 2.44. The van der Waals surface area contributed by atoms with Gasteiger partial charge in [-0.05, 0) is 19.1 Å². The zero-order valence-electron chi connectivity index (χ0n) is 11.4. The molecule has 0 unspecified atom stereocenters. The first-order valence-electron chi connectivity index (χ1n) is 5.99. The van der Waals surface area contributed by atoms with Gasteiger partial charge >= 0.3 is 11.9 Å². The van der Waals surface area contributed by atoms with Crippen molar-refractivity contribution in [2.45, 2.75) is 13.3 Å². The van der Waals surface area contributed by atoms with Crippen LogP contribution in [0.25, 0.3) is 0 Å². The second-order valence-electron chi connectivity index (χ2n) is 3.87. The highest BCUT2D eigenvalue weighted by molar-refractivity contribution is 5.88. The lowest BCUT2D eigenvalue weighted by molar-refractivity contribution is -0.142. The molecule has 1 heterocycles. The minimum atomic E-state index is -0.486. The van der Waals surface area contributed by atoms with Gasteiger partial charge in [0.2, 0.25) is 0 Å². The van der Waals surface area contributed by atoms with Crippen molar-refractivity contribution >= 4 is 17.6 Å². The molecule has 0 spiro atoms. The molecule has 0 saturated carbocycles. The highest BCUT2D eigenvalue weighted by Gasteiger charge is 2.10. The van der Waals surface area contributed by atoms with Crippen molar-refractivity contribution in [1.82, 2.24) is 4.98 Å². The summed E-state index contributed by atoms with van der Waals surface area (Å²) in [7, 11) is 3.14. The SMILES string of the molecule is CCOC(=O)CCN(C)c1ccnc(C(=O)OC)c1. The zero-order valence-corrected chi connectivity index (χ0v) is 11.4. The van der Waals surface area contributed by atoms with Crippen LogP contribution in [0, 0.1) is 0 Å². The lowest BCUT2D eigenvalue weighted by Gasteiger charge is -2.18. The number of nitrogens with zero attached hydrogens (tertiary/aromatic N) is 2. The van der Waals surface area contributed by atoms with Crippen LogP contribution in [0.3, 0.4) is 0 Å². The Hall–Kier alpha value is -2.11. The number of esters is 2. The van der Waals surface area contributed by atoms with Crippen LogP contribution < -0.4 is 4.90 Å². The number of aromatic nitrogens is 1. The molecule has 19 heavy (non-hydrogen) atoms. The smallest absolute Gasteiger partial charge is 0.356 e. The number of carbonyl (C=O) groups excluding carboxylic acids is 2. The Balaban J connectivity index is 2.64. The Morgan fingerprint density at radius 3 is 2.79 bits per heavy atom. The number of anilines is 1. The maximum Gasteiger partial charge on any atom is 0.356 e. The van der Waals surface area contributed by atoms with E-state index in [2.05, 4.69) is 9.72 Å². The van der Waals surface area contributed by atoms with E-state index < -0.39 is 5.97 Å². The van der Waals surface area contributed by atoms with Crippen LogP contribution in [0.5, 0.6) is 0 Å². The highest BCUT2D eigenvalue weighted by Crippen LogP contribution is 2.13. The second-order valence-corrected chi connectivity index (χ2v) is 3.87. The molecule has 1 aromatic rings. The molecule has 1 rings (SSSR count). The first-order chi connectivity index (χ1) is 9.08. The van der Waals surface area contributed by atoms with E-state index in [-0.39, 0.29) is 11.7 Å². The maximum absolute atomic E-state index is 11.4. The molecule has 0 aliphatic heterocycles. The largest absolute Gasteiger partial charge is 0.466 e. The van der Waals surface area contributed by atoms with E-state index in [0.29, 0.717) is 19.6 Å². The summed E-state index contributed by atoms with van der Waals surface area (Å²) in [5.41, 5.74) is 1.03. The number of ether oxygens (including phenoxy) is 2. The van der Waals surface area contributed by atoms with E-state index in [1.54, 1.807) is 19.1 Å². The van der Waals surface area contributed by atoms with Crippen molar-refractivity contribution in [3.05, 3.63) is 24.0 Å². The first-order valence-corrected chi connectivity index (χ1v) is 5.99. The van der Waals surface area contributed by atoms with E-state index in [1.165, 1.54) is 13.3 Å². The molecule has 0 atom stereocenters. The van der Waals surface area contributed by atoms with Crippen LogP contribution in [0.1, 0.15) is 23.8 Å². The van der Waals surface area contributed by atoms with Crippen LogP contribution in [0.15, 0.2) is 18.3 Å². The molecule has 6 nitrogen and oxygen atoms in total. The van der Waals surface area contributed by atoms with Crippen LogP contribution in [-0.4, -0.2) is 44.2 Å². The summed E-state index contributed by atoms with van der Waals surface area (Å²) < 4.78 is 9.46. The van der Waals surface area contributed by atoms with Gasteiger partial charge in [-0.1, -0.05) is 0 Å². The Bertz CT molecular complexity index is 448. The molecule has 0 aliphatic rings. The average molecular weight is 266 g/mol. The molecule has 1 aromatic heterocycles. The molecule has 104 valence electrons. The Morgan fingerprint density at radius 2 is 2.16 bits per heavy atom. The molecule has 6 heteroatoms. The molecule has 0 aromatic carbocycles. The second kappa shape index (κ2) is 7.35. The van der Waals surface area contributed by atoms with E-state index >= 15 is 0 Å². The van der Waals surface area contributed by atoms with E-state index in [9.17, 15) is 9.59 Å². The quantitative estimate of drug-likeness (QED) is 0.722. The predicted octanol–water partition coefficient (Wildman–Crippen LogP) is 1.26. The van der Waals surface area contributed by atoms with Gasteiger partial charge in [-0.3, -0.25) is 4.79 Å². The minimum absolute atomic E-state index is 0.239. The Labute approximate surface area is 112 Å². The van der Waals surface area contributed by atoms with Gasteiger partial charge < -0.3 is 14.4 Å². The summed E-state index contributed by atoms with van der Waals surface area (Å²) in [6.07, 6.45) is 1.82. The summed E-state index contributed by atoms with van der Waals surface area (Å²) in [6.45, 7) is 2.65. The Morgan fingerprint density at radius 1 is 1.42 bits per heavy atom. The fourth-order valence-electron chi connectivity index (χ4n) is 1.49. The Kier molecular flexibility index (Phi) is 5.78.